The molecule has 3 heterocycles. The minimum absolute atomic E-state index is 0.0399. The summed E-state index contributed by atoms with van der Waals surface area (Å²) in [6, 6.07) is 2.21. The van der Waals surface area contributed by atoms with E-state index in [0.717, 1.165) is 49.7 Å². The summed E-state index contributed by atoms with van der Waals surface area (Å²) in [7, 11) is 1.61. The highest BCUT2D eigenvalue weighted by atomic mass is 16.5. The van der Waals surface area contributed by atoms with Crippen molar-refractivity contribution in [2.75, 3.05) is 20.3 Å². The molecule has 0 aromatic carbocycles. The van der Waals surface area contributed by atoms with Gasteiger partial charge in [0.05, 0.1) is 18.4 Å². The van der Waals surface area contributed by atoms with Crippen molar-refractivity contribution in [2.45, 2.75) is 50.5 Å². The summed E-state index contributed by atoms with van der Waals surface area (Å²) in [5.74, 6) is 2.49. The average molecular weight is 369 g/mol. The molecular weight excluding hydrogens is 342 g/mol. The zero-order chi connectivity index (χ0) is 18.4. The van der Waals surface area contributed by atoms with Gasteiger partial charge in [0.25, 0.3) is 5.91 Å². The van der Waals surface area contributed by atoms with Crippen molar-refractivity contribution < 1.29 is 14.3 Å². The van der Waals surface area contributed by atoms with E-state index in [0.29, 0.717) is 29.2 Å². The van der Waals surface area contributed by atoms with Gasteiger partial charge in [0.1, 0.15) is 11.4 Å². The third kappa shape index (κ3) is 3.20. The van der Waals surface area contributed by atoms with Gasteiger partial charge in [-0.1, -0.05) is 19.3 Å². The zero-order valence-corrected chi connectivity index (χ0v) is 15.8. The number of aromatic nitrogens is 2. The predicted molar refractivity (Wildman–Crippen MR) is 101 cm³/mol. The maximum atomic E-state index is 12.9. The van der Waals surface area contributed by atoms with Gasteiger partial charge in [0.2, 0.25) is 0 Å². The van der Waals surface area contributed by atoms with E-state index in [2.05, 4.69) is 11.5 Å². The summed E-state index contributed by atoms with van der Waals surface area (Å²) >= 11 is 0. The summed E-state index contributed by atoms with van der Waals surface area (Å²) in [5.41, 5.74) is 2.48. The van der Waals surface area contributed by atoms with Gasteiger partial charge in [-0.15, -0.1) is 0 Å². The van der Waals surface area contributed by atoms with Crippen LogP contribution in [0.4, 0.5) is 0 Å². The van der Waals surface area contributed by atoms with E-state index in [1.807, 2.05) is 16.7 Å². The third-order valence-electron chi connectivity index (χ3n) is 6.59. The summed E-state index contributed by atoms with van der Waals surface area (Å²) < 4.78 is 12.9. The molecule has 2 aromatic rings. The van der Waals surface area contributed by atoms with Crippen LogP contribution < -0.4 is 10.1 Å². The molecule has 0 spiro atoms. The molecule has 1 saturated heterocycles. The quantitative estimate of drug-likeness (QED) is 0.879. The second kappa shape index (κ2) is 6.82. The van der Waals surface area contributed by atoms with Crippen molar-refractivity contribution >= 4 is 11.6 Å². The third-order valence-corrected chi connectivity index (χ3v) is 6.59. The number of pyridine rings is 1. The van der Waals surface area contributed by atoms with Gasteiger partial charge in [-0.2, -0.15) is 0 Å². The minimum atomic E-state index is -0.0399. The standard InChI is InChI=1S/C21H27N3O3/c1-26-19-10-20-22-18(14-5-7-27-8-6-14)12-24(20)11-16(19)21(25)23-17-9-15(17)13-3-2-4-13/h10-15,17H,2-9H2,1H3,(H,23,25)/t15-,17+/m0/s1. The summed E-state index contributed by atoms with van der Waals surface area (Å²) in [6.07, 6.45) is 11.0. The number of hydrogen-bond donors (Lipinski definition) is 1. The van der Waals surface area contributed by atoms with Crippen molar-refractivity contribution in [2.24, 2.45) is 11.8 Å². The first-order chi connectivity index (χ1) is 13.2. The van der Waals surface area contributed by atoms with Crippen LogP contribution in [0.1, 0.15) is 60.5 Å². The molecule has 6 heteroatoms. The first kappa shape index (κ1) is 17.0. The van der Waals surface area contributed by atoms with Crippen molar-refractivity contribution in [3.05, 3.63) is 29.7 Å². The lowest BCUT2D eigenvalue weighted by Crippen LogP contribution is -2.29. The molecule has 144 valence electrons. The van der Waals surface area contributed by atoms with E-state index in [9.17, 15) is 4.79 Å². The van der Waals surface area contributed by atoms with Crippen LogP contribution in [0.15, 0.2) is 18.5 Å². The smallest absolute Gasteiger partial charge is 0.256 e. The van der Waals surface area contributed by atoms with Crippen molar-refractivity contribution in [1.82, 2.24) is 14.7 Å². The topological polar surface area (TPSA) is 64.9 Å². The van der Waals surface area contributed by atoms with Crippen molar-refractivity contribution in [3.8, 4) is 5.75 Å². The molecule has 1 aliphatic heterocycles. The predicted octanol–water partition coefficient (Wildman–Crippen LogP) is 3.16. The van der Waals surface area contributed by atoms with Crippen LogP contribution >= 0.6 is 0 Å². The second-order valence-electron chi connectivity index (χ2n) is 8.24. The lowest BCUT2D eigenvalue weighted by atomic mass is 9.81. The fourth-order valence-corrected chi connectivity index (χ4v) is 4.58. The number of amides is 1. The van der Waals surface area contributed by atoms with Gasteiger partial charge in [-0.3, -0.25) is 4.79 Å². The van der Waals surface area contributed by atoms with E-state index in [4.69, 9.17) is 14.5 Å². The van der Waals surface area contributed by atoms with Crippen molar-refractivity contribution in [3.63, 3.8) is 0 Å². The molecule has 2 aliphatic carbocycles. The lowest BCUT2D eigenvalue weighted by molar-refractivity contribution is 0.0846. The molecule has 3 aliphatic rings. The number of nitrogens with zero attached hydrogens (tertiary/aromatic N) is 2. The van der Waals surface area contributed by atoms with Gasteiger partial charge in [0, 0.05) is 43.6 Å². The van der Waals surface area contributed by atoms with Gasteiger partial charge < -0.3 is 19.2 Å². The molecule has 0 radical (unpaired) electrons. The number of fused-ring (bicyclic) bond motifs is 1. The highest BCUT2D eigenvalue weighted by Gasteiger charge is 2.45. The molecule has 27 heavy (non-hydrogen) atoms. The van der Waals surface area contributed by atoms with Crippen LogP contribution in [0.3, 0.4) is 0 Å². The van der Waals surface area contributed by atoms with Gasteiger partial charge in [0.15, 0.2) is 0 Å². The van der Waals surface area contributed by atoms with Gasteiger partial charge >= 0.3 is 0 Å². The number of nitrogens with one attached hydrogen (secondary N) is 1. The molecule has 5 rings (SSSR count). The Labute approximate surface area is 159 Å². The molecule has 2 aromatic heterocycles. The molecule has 0 unspecified atom stereocenters. The lowest BCUT2D eigenvalue weighted by Gasteiger charge is -2.25. The van der Waals surface area contributed by atoms with Crippen molar-refractivity contribution in [1.29, 1.82) is 0 Å². The summed E-state index contributed by atoms with van der Waals surface area (Å²) in [5, 5.41) is 3.21. The number of carbonyl (C=O) groups is 1. The Hall–Kier alpha value is -2.08. The SMILES string of the molecule is COc1cc2nc(C3CCOCC3)cn2cc1C(=O)N[C@@H]1C[C@H]1C1CCC1. The number of hydrogen-bond acceptors (Lipinski definition) is 4. The first-order valence-corrected chi connectivity index (χ1v) is 10.2. The zero-order valence-electron chi connectivity index (χ0n) is 15.8. The second-order valence-corrected chi connectivity index (χ2v) is 8.24. The number of carbonyl (C=O) groups excluding carboxylic acids is 1. The van der Waals surface area contributed by atoms with E-state index >= 15 is 0 Å². The van der Waals surface area contributed by atoms with Crippen LogP contribution in [-0.4, -0.2) is 41.7 Å². The molecule has 1 amide bonds. The molecule has 0 bridgehead atoms. The molecule has 3 fully saturated rings. The Morgan fingerprint density at radius 3 is 2.78 bits per heavy atom. The number of imidazole rings is 1. The molecule has 2 saturated carbocycles. The van der Waals surface area contributed by atoms with Crippen LogP contribution in [0.2, 0.25) is 0 Å². The maximum Gasteiger partial charge on any atom is 0.256 e. The largest absolute Gasteiger partial charge is 0.496 e. The highest BCUT2D eigenvalue weighted by molar-refractivity contribution is 5.97. The molecular formula is C21H27N3O3. The average Bonchev–Trinajstić information content (AvgIpc) is 3.25. The highest BCUT2D eigenvalue weighted by Crippen LogP contribution is 2.47. The maximum absolute atomic E-state index is 12.9. The summed E-state index contributed by atoms with van der Waals surface area (Å²) in [6.45, 7) is 1.58. The Kier molecular flexibility index (Phi) is 4.31. The Bertz CT molecular complexity index is 852. The number of methoxy groups -OCH3 is 1. The first-order valence-electron chi connectivity index (χ1n) is 10.2. The van der Waals surface area contributed by atoms with Gasteiger partial charge in [-0.05, 0) is 31.1 Å². The number of rotatable bonds is 5. The van der Waals surface area contributed by atoms with E-state index < -0.39 is 0 Å². The van der Waals surface area contributed by atoms with Crippen LogP contribution in [0.5, 0.6) is 5.75 Å². The van der Waals surface area contributed by atoms with E-state index in [1.165, 1.54) is 19.3 Å². The molecule has 6 nitrogen and oxygen atoms in total. The Morgan fingerprint density at radius 2 is 2.07 bits per heavy atom. The monoisotopic (exact) mass is 369 g/mol. The van der Waals surface area contributed by atoms with Crippen LogP contribution in [0.25, 0.3) is 5.65 Å². The van der Waals surface area contributed by atoms with Gasteiger partial charge in [-0.25, -0.2) is 4.98 Å². The fraction of sp³-hybridized carbons (Fsp3) is 0.619. The summed E-state index contributed by atoms with van der Waals surface area (Å²) in [4.78, 5) is 17.6. The normalized spacial score (nSPS) is 26.0. The Balaban J connectivity index is 1.36. The van der Waals surface area contributed by atoms with Crippen LogP contribution in [0, 0.1) is 11.8 Å². The van der Waals surface area contributed by atoms with E-state index in [1.54, 1.807) is 7.11 Å². The molecule has 2 atom stereocenters. The van der Waals surface area contributed by atoms with Crippen LogP contribution in [-0.2, 0) is 4.74 Å². The molecule has 1 N–H and O–H groups in total. The van der Waals surface area contributed by atoms with E-state index in [-0.39, 0.29) is 5.91 Å². The minimum Gasteiger partial charge on any atom is -0.496 e. The number of ether oxygens (including phenoxy) is 2. The fourth-order valence-electron chi connectivity index (χ4n) is 4.58. The Morgan fingerprint density at radius 1 is 1.26 bits per heavy atom.